The molecule has 0 saturated heterocycles. The maximum atomic E-state index is 11.5. The molecule has 2 aromatic rings. The summed E-state index contributed by atoms with van der Waals surface area (Å²) in [6.07, 6.45) is 0. The normalized spacial score (nSPS) is 10.5. The Morgan fingerprint density at radius 2 is 2.20 bits per heavy atom. The molecule has 2 aromatic heterocycles. The van der Waals surface area contributed by atoms with E-state index in [1.165, 1.54) is 11.3 Å². The summed E-state index contributed by atoms with van der Waals surface area (Å²) in [5.74, 6) is -0.605. The predicted molar refractivity (Wildman–Crippen MR) is 67.5 cm³/mol. The van der Waals surface area contributed by atoms with E-state index >= 15 is 0 Å². The quantitative estimate of drug-likeness (QED) is 0.625. The molecule has 0 unspecified atom stereocenters. The van der Waals surface area contributed by atoms with Gasteiger partial charge in [-0.3, -0.25) is 4.79 Å². The minimum absolute atomic E-state index is 0.212. The Labute approximate surface area is 102 Å². The summed E-state index contributed by atoms with van der Waals surface area (Å²) in [6, 6.07) is 1.80. The number of hydrogen-bond acceptors (Lipinski definition) is 3. The fourth-order valence-corrected chi connectivity index (χ4v) is 3.96. The molecule has 15 heavy (non-hydrogen) atoms. The average Bonchev–Trinajstić information content (AvgIpc) is 2.67. The molecule has 0 spiro atoms. The van der Waals surface area contributed by atoms with E-state index in [0.717, 1.165) is 13.9 Å². The lowest BCUT2D eigenvalue weighted by atomic mass is 10.4. The molecule has 2 rings (SSSR count). The van der Waals surface area contributed by atoms with Crippen LogP contribution < -0.4 is 11.5 Å². The van der Waals surface area contributed by atoms with Gasteiger partial charge < -0.3 is 11.5 Å². The Balaban J connectivity index is 2.45. The second-order valence-corrected chi connectivity index (χ2v) is 5.55. The Bertz CT molecular complexity index is 553. The summed E-state index contributed by atoms with van der Waals surface area (Å²) in [7, 11) is 0. The molecular formula is C8H6BrN3OS2. The molecule has 0 aromatic carbocycles. The van der Waals surface area contributed by atoms with E-state index in [9.17, 15) is 4.79 Å². The molecule has 4 N–H and O–H groups in total. The Hall–Kier alpha value is -0.920. The molecule has 78 valence electrons. The SMILES string of the molecule is NC(N)=NC(=O)c1cc2scc(Br)c2s1. The van der Waals surface area contributed by atoms with Gasteiger partial charge in [0, 0.05) is 14.6 Å². The van der Waals surface area contributed by atoms with Gasteiger partial charge in [0.1, 0.15) is 0 Å². The molecule has 2 heterocycles. The number of carbonyl (C=O) groups is 1. The lowest BCUT2D eigenvalue weighted by Gasteiger charge is -1.89. The van der Waals surface area contributed by atoms with Gasteiger partial charge in [0.2, 0.25) is 0 Å². The van der Waals surface area contributed by atoms with Gasteiger partial charge in [-0.1, -0.05) is 0 Å². The molecule has 4 nitrogen and oxygen atoms in total. The van der Waals surface area contributed by atoms with Gasteiger partial charge in [-0.2, -0.15) is 4.99 Å². The van der Waals surface area contributed by atoms with Crippen molar-refractivity contribution in [2.45, 2.75) is 0 Å². The lowest BCUT2D eigenvalue weighted by Crippen LogP contribution is -2.24. The summed E-state index contributed by atoms with van der Waals surface area (Å²) in [6.45, 7) is 0. The Morgan fingerprint density at radius 3 is 2.80 bits per heavy atom. The third kappa shape index (κ3) is 2.04. The number of nitrogens with zero attached hydrogens (tertiary/aromatic N) is 1. The number of carbonyl (C=O) groups excluding carboxylic acids is 1. The zero-order chi connectivity index (χ0) is 11.0. The third-order valence-electron chi connectivity index (χ3n) is 1.65. The maximum Gasteiger partial charge on any atom is 0.290 e. The lowest BCUT2D eigenvalue weighted by molar-refractivity contribution is 0.101. The van der Waals surface area contributed by atoms with Crippen LogP contribution in [-0.4, -0.2) is 11.9 Å². The second kappa shape index (κ2) is 3.92. The summed E-state index contributed by atoms with van der Waals surface area (Å²) in [4.78, 5) is 15.5. The van der Waals surface area contributed by atoms with E-state index in [1.807, 2.05) is 5.38 Å². The van der Waals surface area contributed by atoms with Crippen LogP contribution in [0.5, 0.6) is 0 Å². The zero-order valence-electron chi connectivity index (χ0n) is 7.36. The highest BCUT2D eigenvalue weighted by atomic mass is 79.9. The largest absolute Gasteiger partial charge is 0.370 e. The molecule has 0 aliphatic rings. The van der Waals surface area contributed by atoms with E-state index in [0.29, 0.717) is 4.88 Å². The van der Waals surface area contributed by atoms with Crippen LogP contribution in [0.15, 0.2) is 20.9 Å². The number of fused-ring (bicyclic) bond motifs is 1. The van der Waals surface area contributed by atoms with Gasteiger partial charge >= 0.3 is 0 Å². The van der Waals surface area contributed by atoms with Crippen molar-refractivity contribution in [3.05, 3.63) is 20.8 Å². The van der Waals surface area contributed by atoms with Crippen molar-refractivity contribution in [2.24, 2.45) is 16.5 Å². The summed E-state index contributed by atoms with van der Waals surface area (Å²) in [5.41, 5.74) is 10.3. The minimum Gasteiger partial charge on any atom is -0.370 e. The van der Waals surface area contributed by atoms with E-state index in [4.69, 9.17) is 11.5 Å². The number of guanidine groups is 1. The monoisotopic (exact) mass is 303 g/mol. The fourth-order valence-electron chi connectivity index (χ4n) is 1.07. The van der Waals surface area contributed by atoms with Crippen molar-refractivity contribution < 1.29 is 4.79 Å². The van der Waals surface area contributed by atoms with E-state index < -0.39 is 5.91 Å². The van der Waals surface area contributed by atoms with Crippen LogP contribution in [0.3, 0.4) is 0 Å². The van der Waals surface area contributed by atoms with Crippen LogP contribution in [0.25, 0.3) is 9.40 Å². The van der Waals surface area contributed by atoms with Gasteiger partial charge in [-0.05, 0) is 22.0 Å². The summed E-state index contributed by atoms with van der Waals surface area (Å²) >= 11 is 6.35. The number of amides is 1. The number of hydrogen-bond donors (Lipinski definition) is 2. The van der Waals surface area contributed by atoms with Gasteiger partial charge in [0.05, 0.1) is 9.58 Å². The minimum atomic E-state index is -0.393. The standard InChI is InChI=1S/C8H6BrN3OS2/c9-3-2-14-4-1-5(15-6(3)4)7(13)12-8(10)11/h1-2H,(H4,10,11,12,13). The first-order chi connectivity index (χ1) is 7.08. The van der Waals surface area contributed by atoms with Crippen molar-refractivity contribution in [2.75, 3.05) is 0 Å². The summed E-state index contributed by atoms with van der Waals surface area (Å²) in [5, 5.41) is 1.98. The number of nitrogens with two attached hydrogens (primary N) is 2. The fraction of sp³-hybridized carbons (Fsp3) is 0. The first kappa shape index (κ1) is 10.6. The number of thiophene rings is 2. The molecule has 0 aliphatic carbocycles. The van der Waals surface area contributed by atoms with E-state index in [-0.39, 0.29) is 5.96 Å². The number of aliphatic imine (C=N–C) groups is 1. The second-order valence-electron chi connectivity index (χ2n) is 2.73. The highest BCUT2D eigenvalue weighted by molar-refractivity contribution is 9.10. The van der Waals surface area contributed by atoms with Gasteiger partial charge in [0.15, 0.2) is 5.96 Å². The number of rotatable bonds is 1. The van der Waals surface area contributed by atoms with Crippen molar-refractivity contribution in [3.8, 4) is 0 Å². The first-order valence-corrected chi connectivity index (χ1v) is 6.37. The van der Waals surface area contributed by atoms with Crippen LogP contribution in [0.4, 0.5) is 0 Å². The topological polar surface area (TPSA) is 81.5 Å². The molecule has 1 amide bonds. The predicted octanol–water partition coefficient (Wildman–Crippen LogP) is 2.14. The average molecular weight is 304 g/mol. The van der Waals surface area contributed by atoms with Crippen molar-refractivity contribution in [1.82, 2.24) is 0 Å². The molecule has 0 radical (unpaired) electrons. The summed E-state index contributed by atoms with van der Waals surface area (Å²) < 4.78 is 3.10. The van der Waals surface area contributed by atoms with Crippen LogP contribution in [0, 0.1) is 0 Å². The molecule has 7 heteroatoms. The Morgan fingerprint density at radius 1 is 1.47 bits per heavy atom. The Kier molecular flexibility index (Phi) is 2.76. The zero-order valence-corrected chi connectivity index (χ0v) is 10.6. The smallest absolute Gasteiger partial charge is 0.290 e. The molecule has 0 aliphatic heterocycles. The maximum absolute atomic E-state index is 11.5. The van der Waals surface area contributed by atoms with E-state index in [2.05, 4.69) is 20.9 Å². The molecular weight excluding hydrogens is 298 g/mol. The first-order valence-electron chi connectivity index (χ1n) is 3.88. The van der Waals surface area contributed by atoms with Crippen LogP contribution in [0.2, 0.25) is 0 Å². The van der Waals surface area contributed by atoms with Gasteiger partial charge in [0.25, 0.3) is 5.91 Å². The van der Waals surface area contributed by atoms with Gasteiger partial charge in [-0.15, -0.1) is 22.7 Å². The highest BCUT2D eigenvalue weighted by Crippen LogP contribution is 2.37. The molecule has 0 bridgehead atoms. The molecule has 0 atom stereocenters. The van der Waals surface area contributed by atoms with Crippen LogP contribution in [-0.2, 0) is 0 Å². The van der Waals surface area contributed by atoms with Gasteiger partial charge in [-0.25, -0.2) is 0 Å². The van der Waals surface area contributed by atoms with Crippen molar-refractivity contribution in [1.29, 1.82) is 0 Å². The van der Waals surface area contributed by atoms with Crippen LogP contribution >= 0.6 is 38.6 Å². The third-order valence-corrected chi connectivity index (χ3v) is 5.05. The van der Waals surface area contributed by atoms with Crippen molar-refractivity contribution >= 4 is 59.9 Å². The molecule has 0 saturated carbocycles. The van der Waals surface area contributed by atoms with Crippen molar-refractivity contribution in [3.63, 3.8) is 0 Å². The molecule has 0 fully saturated rings. The van der Waals surface area contributed by atoms with E-state index in [1.54, 1.807) is 17.4 Å². The highest BCUT2D eigenvalue weighted by Gasteiger charge is 2.12. The number of halogens is 1. The van der Waals surface area contributed by atoms with Crippen LogP contribution in [0.1, 0.15) is 9.67 Å².